The standard InChI is InChI=1S/C23H27N5O4/c1-22(2)31-18-16(10-29)30-21(23(18,3)32-22)28-12-26-17-19(24-11-25-20(17)28)27-15-9-8-13-6-4-5-7-14(13)15/h4-7,11-12,15-16,18,21,29H,8-10H2,1-3H3,(H,24,25,27)/t15-,16+,18+,21+,23+/m0/s1. The fraction of sp³-hybridized carbons (Fsp3) is 0.522. The maximum absolute atomic E-state index is 9.89. The molecule has 0 spiro atoms. The predicted molar refractivity (Wildman–Crippen MR) is 116 cm³/mol. The lowest BCUT2D eigenvalue weighted by Crippen LogP contribution is -2.42. The minimum Gasteiger partial charge on any atom is -0.394 e. The quantitative estimate of drug-likeness (QED) is 0.642. The molecule has 9 nitrogen and oxygen atoms in total. The zero-order chi connectivity index (χ0) is 22.1. The average molecular weight is 438 g/mol. The van der Waals surface area contributed by atoms with Gasteiger partial charge in [-0.2, -0.15) is 0 Å². The van der Waals surface area contributed by atoms with Gasteiger partial charge in [-0.3, -0.25) is 4.57 Å². The van der Waals surface area contributed by atoms with Crippen LogP contribution in [0, 0.1) is 0 Å². The molecule has 168 valence electrons. The molecular weight excluding hydrogens is 410 g/mol. The van der Waals surface area contributed by atoms with E-state index < -0.39 is 29.8 Å². The van der Waals surface area contributed by atoms with Crippen LogP contribution in [0.5, 0.6) is 0 Å². The van der Waals surface area contributed by atoms with E-state index >= 15 is 0 Å². The Hall–Kier alpha value is -2.59. The van der Waals surface area contributed by atoms with Crippen molar-refractivity contribution in [2.45, 2.75) is 69.5 Å². The third-order valence-electron chi connectivity index (χ3n) is 6.81. The second-order valence-corrected chi connectivity index (χ2v) is 9.41. The number of imidazole rings is 1. The highest BCUT2D eigenvalue weighted by molar-refractivity contribution is 5.83. The van der Waals surface area contributed by atoms with Gasteiger partial charge in [-0.25, -0.2) is 15.0 Å². The van der Waals surface area contributed by atoms with Gasteiger partial charge in [-0.05, 0) is 44.7 Å². The Morgan fingerprint density at radius 1 is 1.19 bits per heavy atom. The van der Waals surface area contributed by atoms with Gasteiger partial charge in [0, 0.05) is 0 Å². The van der Waals surface area contributed by atoms with Crippen LogP contribution in [0.2, 0.25) is 0 Å². The van der Waals surface area contributed by atoms with Crippen LogP contribution in [0.1, 0.15) is 50.6 Å². The van der Waals surface area contributed by atoms with E-state index in [1.165, 1.54) is 17.5 Å². The number of rotatable bonds is 4. The smallest absolute Gasteiger partial charge is 0.168 e. The van der Waals surface area contributed by atoms with E-state index in [0.717, 1.165) is 12.8 Å². The van der Waals surface area contributed by atoms with Crippen molar-refractivity contribution in [3.05, 3.63) is 48.0 Å². The van der Waals surface area contributed by atoms with Crippen molar-refractivity contribution in [2.75, 3.05) is 11.9 Å². The molecule has 4 heterocycles. The van der Waals surface area contributed by atoms with Crippen LogP contribution in [0.3, 0.4) is 0 Å². The lowest BCUT2D eigenvalue weighted by molar-refractivity contribution is -0.217. The first-order chi connectivity index (χ1) is 15.4. The number of benzene rings is 1. The van der Waals surface area contributed by atoms with E-state index in [9.17, 15) is 5.11 Å². The Morgan fingerprint density at radius 2 is 2.03 bits per heavy atom. The molecule has 2 aromatic heterocycles. The molecule has 0 radical (unpaired) electrons. The van der Waals surface area contributed by atoms with Gasteiger partial charge < -0.3 is 24.6 Å². The zero-order valence-electron chi connectivity index (χ0n) is 18.4. The first-order valence-corrected chi connectivity index (χ1v) is 11.1. The minimum absolute atomic E-state index is 0.161. The van der Waals surface area contributed by atoms with Crippen molar-refractivity contribution in [2.24, 2.45) is 0 Å². The van der Waals surface area contributed by atoms with Crippen LogP contribution in [0.15, 0.2) is 36.9 Å². The maximum Gasteiger partial charge on any atom is 0.168 e. The van der Waals surface area contributed by atoms with Crippen molar-refractivity contribution >= 4 is 17.0 Å². The summed E-state index contributed by atoms with van der Waals surface area (Å²) < 4.78 is 20.4. The van der Waals surface area contributed by atoms with Crippen LogP contribution in [-0.2, 0) is 20.6 Å². The molecule has 3 aliphatic rings. The average Bonchev–Trinajstić information content (AvgIpc) is 3.48. The van der Waals surface area contributed by atoms with Gasteiger partial charge in [-0.15, -0.1) is 0 Å². The second-order valence-electron chi connectivity index (χ2n) is 9.41. The Balaban J connectivity index is 1.36. The van der Waals surface area contributed by atoms with Crippen molar-refractivity contribution in [3.8, 4) is 0 Å². The number of aryl methyl sites for hydroxylation is 1. The number of aliphatic hydroxyl groups excluding tert-OH is 1. The van der Waals surface area contributed by atoms with Crippen molar-refractivity contribution in [1.82, 2.24) is 19.5 Å². The van der Waals surface area contributed by atoms with E-state index in [1.54, 1.807) is 6.33 Å². The van der Waals surface area contributed by atoms with Gasteiger partial charge in [-0.1, -0.05) is 24.3 Å². The lowest BCUT2D eigenvalue weighted by Gasteiger charge is -2.30. The number of anilines is 1. The molecule has 0 unspecified atom stereocenters. The van der Waals surface area contributed by atoms with Crippen molar-refractivity contribution in [3.63, 3.8) is 0 Å². The molecular formula is C23H27N5O4. The molecule has 1 aliphatic carbocycles. The molecule has 2 saturated heterocycles. The highest BCUT2D eigenvalue weighted by Gasteiger charge is 2.64. The Bertz CT molecular complexity index is 1180. The molecule has 0 bridgehead atoms. The molecule has 32 heavy (non-hydrogen) atoms. The minimum atomic E-state index is -0.798. The molecule has 2 N–H and O–H groups in total. The first-order valence-electron chi connectivity index (χ1n) is 11.1. The van der Waals surface area contributed by atoms with Crippen LogP contribution in [-0.4, -0.2) is 54.8 Å². The summed E-state index contributed by atoms with van der Waals surface area (Å²) in [6.07, 6.45) is 3.84. The monoisotopic (exact) mass is 437 g/mol. The number of hydrogen-bond donors (Lipinski definition) is 2. The molecule has 3 aromatic rings. The van der Waals surface area contributed by atoms with Gasteiger partial charge in [0.1, 0.15) is 24.1 Å². The summed E-state index contributed by atoms with van der Waals surface area (Å²) in [6.45, 7) is 5.54. The first kappa shape index (κ1) is 20.0. The largest absolute Gasteiger partial charge is 0.394 e. The number of fused-ring (bicyclic) bond motifs is 3. The topological polar surface area (TPSA) is 104 Å². The molecule has 1 aromatic carbocycles. The Kier molecular flexibility index (Phi) is 4.36. The summed E-state index contributed by atoms with van der Waals surface area (Å²) in [5.74, 6) is -0.0826. The van der Waals surface area contributed by atoms with Crippen LogP contribution in [0.4, 0.5) is 5.82 Å². The molecule has 0 saturated carbocycles. The van der Waals surface area contributed by atoms with Crippen molar-refractivity contribution < 1.29 is 19.3 Å². The number of nitrogens with one attached hydrogen (secondary N) is 1. The SMILES string of the molecule is CC1(C)O[C@@H]2[C@@H](CO)O[C@@H](n3cnc4c(N[C@H]5CCc6ccccc65)ncnc43)[C@]2(C)O1. The number of aromatic nitrogens is 4. The number of ether oxygens (including phenoxy) is 3. The van der Waals surface area contributed by atoms with Gasteiger partial charge >= 0.3 is 0 Å². The van der Waals surface area contributed by atoms with E-state index in [-0.39, 0.29) is 12.6 Å². The third-order valence-corrected chi connectivity index (χ3v) is 6.81. The molecule has 2 aliphatic heterocycles. The van der Waals surface area contributed by atoms with Crippen LogP contribution in [0.25, 0.3) is 11.2 Å². The van der Waals surface area contributed by atoms with E-state index in [2.05, 4.69) is 44.5 Å². The maximum atomic E-state index is 9.89. The van der Waals surface area contributed by atoms with E-state index in [4.69, 9.17) is 14.2 Å². The predicted octanol–water partition coefficient (Wildman–Crippen LogP) is 2.73. The summed E-state index contributed by atoms with van der Waals surface area (Å²) >= 11 is 0. The number of nitrogens with zero attached hydrogens (tertiary/aromatic N) is 4. The van der Waals surface area contributed by atoms with Gasteiger partial charge in [0.2, 0.25) is 0 Å². The molecule has 9 heteroatoms. The summed E-state index contributed by atoms with van der Waals surface area (Å²) in [7, 11) is 0. The fourth-order valence-electron chi connectivity index (χ4n) is 5.52. The molecule has 0 amide bonds. The number of aliphatic hydroxyl groups is 1. The molecule has 5 atom stereocenters. The fourth-order valence-corrected chi connectivity index (χ4v) is 5.52. The highest BCUT2D eigenvalue weighted by Crippen LogP contribution is 2.51. The normalized spacial score (nSPS) is 32.9. The van der Waals surface area contributed by atoms with Gasteiger partial charge in [0.25, 0.3) is 0 Å². The highest BCUT2D eigenvalue weighted by atomic mass is 16.8. The van der Waals surface area contributed by atoms with Crippen LogP contribution < -0.4 is 5.32 Å². The molecule has 6 rings (SSSR count). The van der Waals surface area contributed by atoms with E-state index in [1.807, 2.05) is 25.3 Å². The van der Waals surface area contributed by atoms with Gasteiger partial charge in [0.15, 0.2) is 29.0 Å². The lowest BCUT2D eigenvalue weighted by atomic mass is 9.96. The van der Waals surface area contributed by atoms with Crippen LogP contribution >= 0.6 is 0 Å². The van der Waals surface area contributed by atoms with E-state index in [0.29, 0.717) is 17.0 Å². The molecule has 2 fully saturated rings. The Labute approximate surface area is 185 Å². The number of hydrogen-bond acceptors (Lipinski definition) is 8. The Morgan fingerprint density at radius 3 is 2.88 bits per heavy atom. The summed E-state index contributed by atoms with van der Waals surface area (Å²) in [4.78, 5) is 13.6. The zero-order valence-corrected chi connectivity index (χ0v) is 18.4. The third kappa shape index (κ3) is 2.88. The summed E-state index contributed by atoms with van der Waals surface area (Å²) in [6, 6.07) is 8.68. The van der Waals surface area contributed by atoms with Crippen molar-refractivity contribution in [1.29, 1.82) is 0 Å². The summed E-state index contributed by atoms with van der Waals surface area (Å²) in [5, 5.41) is 13.5. The second kappa shape index (κ2) is 6.95. The summed E-state index contributed by atoms with van der Waals surface area (Å²) in [5.41, 5.74) is 3.19. The van der Waals surface area contributed by atoms with Gasteiger partial charge in [0.05, 0.1) is 19.0 Å².